The molecule has 4 aromatic rings. The quantitative estimate of drug-likeness (QED) is 0.419. The molecule has 32 heavy (non-hydrogen) atoms. The fourth-order valence-corrected chi connectivity index (χ4v) is 4.40. The van der Waals surface area contributed by atoms with E-state index in [1.165, 1.54) is 5.56 Å². The van der Waals surface area contributed by atoms with Gasteiger partial charge in [0.05, 0.1) is 11.4 Å². The molecule has 0 aliphatic rings. The second kappa shape index (κ2) is 9.50. The Balaban J connectivity index is 1.52. The average molecular weight is 449 g/mol. The summed E-state index contributed by atoms with van der Waals surface area (Å²) in [4.78, 5) is 23.5. The fourth-order valence-electron chi connectivity index (χ4n) is 3.68. The third-order valence-corrected chi connectivity index (χ3v) is 6.07. The lowest BCUT2D eigenvalue weighted by Crippen LogP contribution is -2.17. The summed E-state index contributed by atoms with van der Waals surface area (Å²) in [5.74, 6) is -0.1000. The average Bonchev–Trinajstić information content (AvgIpc) is 3.36. The number of hydrogen-bond acceptors (Lipinski definition) is 6. The lowest BCUT2D eigenvalue weighted by atomic mass is 10.1. The van der Waals surface area contributed by atoms with Crippen molar-refractivity contribution in [1.29, 1.82) is 0 Å². The maximum Gasteiger partial charge on any atom is 0.251 e. The van der Waals surface area contributed by atoms with Gasteiger partial charge in [-0.05, 0) is 82.4 Å². The summed E-state index contributed by atoms with van der Waals surface area (Å²) < 4.78 is 2.11. The van der Waals surface area contributed by atoms with E-state index in [2.05, 4.69) is 52.4 Å². The number of nitrogens with one attached hydrogen (secondary N) is 2. The molecule has 3 heterocycles. The number of benzene rings is 1. The third-order valence-electron chi connectivity index (χ3n) is 5.31. The summed E-state index contributed by atoms with van der Waals surface area (Å²) in [6, 6.07) is 11.7. The van der Waals surface area contributed by atoms with E-state index in [4.69, 9.17) is 9.97 Å². The Morgan fingerprint density at radius 1 is 1.16 bits per heavy atom. The predicted octanol–water partition coefficient (Wildman–Crippen LogP) is 4.36. The minimum Gasteiger partial charge on any atom is -0.355 e. The molecule has 0 aliphatic heterocycles. The number of nitrogens with zero attached hydrogens (tertiary/aromatic N) is 4. The van der Waals surface area contributed by atoms with Gasteiger partial charge in [0.15, 0.2) is 5.13 Å². The summed E-state index contributed by atoms with van der Waals surface area (Å²) >= 11 is 1.54. The number of rotatable bonds is 8. The van der Waals surface area contributed by atoms with Crippen molar-refractivity contribution in [3.8, 4) is 11.4 Å². The van der Waals surface area contributed by atoms with Crippen LogP contribution in [0, 0.1) is 6.92 Å². The van der Waals surface area contributed by atoms with Crippen LogP contribution in [0.3, 0.4) is 0 Å². The molecule has 1 aromatic carbocycles. The van der Waals surface area contributed by atoms with Gasteiger partial charge in [-0.2, -0.15) is 0 Å². The van der Waals surface area contributed by atoms with Gasteiger partial charge < -0.3 is 15.5 Å². The molecule has 0 atom stereocenters. The van der Waals surface area contributed by atoms with E-state index < -0.39 is 0 Å². The molecule has 0 radical (unpaired) electrons. The first-order valence-corrected chi connectivity index (χ1v) is 11.5. The minimum absolute atomic E-state index is 0.1000. The van der Waals surface area contributed by atoms with Gasteiger partial charge >= 0.3 is 0 Å². The molecule has 1 amide bonds. The van der Waals surface area contributed by atoms with Crippen LogP contribution in [0.2, 0.25) is 0 Å². The van der Waals surface area contributed by atoms with Gasteiger partial charge in [-0.15, -0.1) is 11.3 Å². The first-order chi connectivity index (χ1) is 15.4. The van der Waals surface area contributed by atoms with Crippen LogP contribution in [0.4, 0.5) is 10.8 Å². The number of carbonyl (C=O) groups excluding carboxylic acids is 1. The zero-order valence-corrected chi connectivity index (χ0v) is 19.7. The van der Waals surface area contributed by atoms with Crippen LogP contribution in [0.1, 0.15) is 28.0 Å². The largest absolute Gasteiger partial charge is 0.355 e. The Labute approximate surface area is 192 Å². The topological polar surface area (TPSA) is 74.6 Å². The maximum atomic E-state index is 11.7. The normalized spacial score (nSPS) is 11.3. The molecule has 0 spiro atoms. The maximum absolute atomic E-state index is 11.7. The van der Waals surface area contributed by atoms with Crippen molar-refractivity contribution in [3.63, 3.8) is 0 Å². The highest BCUT2D eigenvalue weighted by molar-refractivity contribution is 7.14. The molecule has 0 saturated carbocycles. The Morgan fingerprint density at radius 2 is 1.94 bits per heavy atom. The molecule has 0 bridgehead atoms. The lowest BCUT2D eigenvalue weighted by Gasteiger charge is -2.09. The predicted molar refractivity (Wildman–Crippen MR) is 131 cm³/mol. The van der Waals surface area contributed by atoms with Crippen molar-refractivity contribution in [2.45, 2.75) is 19.8 Å². The Hall–Kier alpha value is -3.23. The minimum atomic E-state index is -0.1000. The van der Waals surface area contributed by atoms with E-state index in [9.17, 15) is 4.79 Å². The highest BCUT2D eigenvalue weighted by Crippen LogP contribution is 2.30. The number of anilines is 2. The number of imidazole rings is 1. The van der Waals surface area contributed by atoms with Crippen molar-refractivity contribution < 1.29 is 4.79 Å². The fraction of sp³-hybridized carbons (Fsp3) is 0.292. The van der Waals surface area contributed by atoms with Crippen molar-refractivity contribution in [2.24, 2.45) is 0 Å². The van der Waals surface area contributed by atoms with Gasteiger partial charge in [-0.3, -0.25) is 9.20 Å². The van der Waals surface area contributed by atoms with Crippen LogP contribution < -0.4 is 10.6 Å². The first-order valence-electron chi connectivity index (χ1n) is 10.6. The van der Waals surface area contributed by atoms with Crippen molar-refractivity contribution in [1.82, 2.24) is 24.6 Å². The number of amides is 1. The number of pyridine rings is 1. The van der Waals surface area contributed by atoms with E-state index in [-0.39, 0.29) is 5.91 Å². The molecule has 0 fully saturated rings. The molecular formula is C24H28N6OS. The van der Waals surface area contributed by atoms with E-state index in [0.717, 1.165) is 52.9 Å². The smallest absolute Gasteiger partial charge is 0.251 e. The summed E-state index contributed by atoms with van der Waals surface area (Å²) in [5, 5.41) is 8.79. The van der Waals surface area contributed by atoms with Crippen LogP contribution in [-0.2, 0) is 6.42 Å². The number of aromatic nitrogens is 3. The second-order valence-electron chi connectivity index (χ2n) is 8.04. The van der Waals surface area contributed by atoms with E-state index >= 15 is 0 Å². The number of hydrogen-bond donors (Lipinski definition) is 2. The number of fused-ring (bicyclic) bond motifs is 1. The van der Waals surface area contributed by atoms with E-state index in [1.807, 2.05) is 24.4 Å². The number of carbonyl (C=O) groups is 1. The highest BCUT2D eigenvalue weighted by Gasteiger charge is 2.15. The van der Waals surface area contributed by atoms with Crippen LogP contribution in [0.15, 0.2) is 48.0 Å². The zero-order valence-electron chi connectivity index (χ0n) is 18.8. The molecule has 0 unspecified atom stereocenters. The van der Waals surface area contributed by atoms with E-state index in [0.29, 0.717) is 5.56 Å². The standard InChI is InChI=1S/C24H28N6OS/c1-16-22(30-13-11-17(14-21(30)26-16)6-5-12-29(3)4)20-15-32-24(28-20)27-19-9-7-18(8-10-19)23(31)25-2/h7-11,13-15H,5-6,12H2,1-4H3,(H,25,31)(H,27,28). The number of thiazole rings is 1. The monoisotopic (exact) mass is 448 g/mol. The lowest BCUT2D eigenvalue weighted by molar-refractivity contribution is 0.0963. The SMILES string of the molecule is CNC(=O)c1ccc(Nc2nc(-c3c(C)nc4cc(CCCN(C)C)ccn34)cs2)cc1. The first kappa shape index (κ1) is 22.0. The zero-order chi connectivity index (χ0) is 22.7. The molecule has 8 heteroatoms. The van der Waals surface area contributed by atoms with Crippen LogP contribution >= 0.6 is 11.3 Å². The van der Waals surface area contributed by atoms with Gasteiger partial charge in [0.2, 0.25) is 0 Å². The van der Waals surface area contributed by atoms with E-state index in [1.54, 1.807) is 30.5 Å². The summed E-state index contributed by atoms with van der Waals surface area (Å²) in [6.07, 6.45) is 4.26. The summed E-state index contributed by atoms with van der Waals surface area (Å²) in [6.45, 7) is 3.10. The van der Waals surface area contributed by atoms with Gasteiger partial charge in [-0.25, -0.2) is 9.97 Å². The summed E-state index contributed by atoms with van der Waals surface area (Å²) in [5.41, 5.74) is 6.63. The Bertz CT molecular complexity index is 1230. The van der Waals surface area contributed by atoms with Crippen molar-refractivity contribution in [3.05, 3.63) is 64.8 Å². The van der Waals surface area contributed by atoms with Crippen molar-refractivity contribution >= 4 is 33.7 Å². The molecular weight excluding hydrogens is 420 g/mol. The van der Waals surface area contributed by atoms with Crippen LogP contribution in [0.5, 0.6) is 0 Å². The second-order valence-corrected chi connectivity index (χ2v) is 8.89. The van der Waals surface area contributed by atoms with Gasteiger partial charge in [-0.1, -0.05) is 0 Å². The molecule has 3 aromatic heterocycles. The molecule has 0 saturated heterocycles. The Kier molecular flexibility index (Phi) is 6.53. The van der Waals surface area contributed by atoms with Crippen molar-refractivity contribution in [2.75, 3.05) is 33.0 Å². The third kappa shape index (κ3) is 4.81. The highest BCUT2D eigenvalue weighted by atomic mass is 32.1. The van der Waals surface area contributed by atoms with Gasteiger partial charge in [0.25, 0.3) is 5.91 Å². The molecule has 7 nitrogen and oxygen atoms in total. The van der Waals surface area contributed by atoms with Crippen LogP contribution in [0.25, 0.3) is 17.0 Å². The molecule has 2 N–H and O–H groups in total. The Morgan fingerprint density at radius 3 is 2.66 bits per heavy atom. The molecule has 0 aliphatic carbocycles. The summed E-state index contributed by atoms with van der Waals surface area (Å²) in [7, 11) is 5.83. The van der Waals surface area contributed by atoms with Gasteiger partial charge in [0, 0.05) is 29.9 Å². The van der Waals surface area contributed by atoms with Crippen LogP contribution in [-0.4, -0.2) is 52.9 Å². The molecule has 4 rings (SSSR count). The molecule has 166 valence electrons. The van der Waals surface area contributed by atoms with Gasteiger partial charge in [0.1, 0.15) is 11.3 Å². The number of aryl methyl sites for hydroxylation is 2.